The summed E-state index contributed by atoms with van der Waals surface area (Å²) in [6, 6.07) is 9.09. The minimum absolute atomic E-state index is 0.297. The molecule has 28 heavy (non-hydrogen) atoms. The molecule has 1 atom stereocenters. The summed E-state index contributed by atoms with van der Waals surface area (Å²) in [5.74, 6) is 0.628. The van der Waals surface area contributed by atoms with Crippen molar-refractivity contribution in [1.29, 1.82) is 5.26 Å². The SMILES string of the molecule is Cc1cc(C(=O)Nc2ccc(C#N)c(C3(C)Cn4ccnc4C(N)=N3)c2)ns1. The second-order valence-electron chi connectivity index (χ2n) is 6.80. The fourth-order valence-electron chi connectivity index (χ4n) is 3.33. The molecule has 3 N–H and O–H groups in total. The van der Waals surface area contributed by atoms with Crippen molar-refractivity contribution in [3.8, 4) is 6.07 Å². The maximum atomic E-state index is 12.4. The highest BCUT2D eigenvalue weighted by Crippen LogP contribution is 2.35. The minimum Gasteiger partial charge on any atom is -0.381 e. The Hall–Kier alpha value is -3.51. The van der Waals surface area contributed by atoms with E-state index in [-0.39, 0.29) is 5.91 Å². The van der Waals surface area contributed by atoms with Gasteiger partial charge in [0.15, 0.2) is 11.7 Å². The van der Waals surface area contributed by atoms with Crippen LogP contribution in [-0.4, -0.2) is 25.7 Å². The Morgan fingerprint density at radius 3 is 2.96 bits per heavy atom. The molecule has 0 bridgehead atoms. The van der Waals surface area contributed by atoms with Crippen LogP contribution in [0.2, 0.25) is 0 Å². The van der Waals surface area contributed by atoms with Crippen LogP contribution in [0.1, 0.15) is 39.2 Å². The number of amidine groups is 1. The third kappa shape index (κ3) is 3.04. The van der Waals surface area contributed by atoms with Gasteiger partial charge in [-0.3, -0.25) is 9.79 Å². The van der Waals surface area contributed by atoms with Gasteiger partial charge in [-0.2, -0.15) is 9.64 Å². The molecule has 8 nitrogen and oxygen atoms in total. The van der Waals surface area contributed by atoms with Gasteiger partial charge in [0.05, 0.1) is 18.2 Å². The van der Waals surface area contributed by atoms with E-state index in [2.05, 4.69) is 25.7 Å². The Balaban J connectivity index is 1.71. The predicted molar refractivity (Wildman–Crippen MR) is 106 cm³/mol. The van der Waals surface area contributed by atoms with Crippen LogP contribution < -0.4 is 11.1 Å². The number of rotatable bonds is 3. The van der Waals surface area contributed by atoms with E-state index in [0.29, 0.717) is 40.7 Å². The summed E-state index contributed by atoms with van der Waals surface area (Å²) in [6.07, 6.45) is 3.50. The van der Waals surface area contributed by atoms with Gasteiger partial charge >= 0.3 is 0 Å². The van der Waals surface area contributed by atoms with Gasteiger partial charge in [-0.05, 0) is 49.6 Å². The largest absolute Gasteiger partial charge is 0.381 e. The molecule has 0 saturated carbocycles. The number of nitrogens with one attached hydrogen (secondary N) is 1. The second-order valence-corrected chi connectivity index (χ2v) is 7.81. The first-order valence-electron chi connectivity index (χ1n) is 8.56. The molecule has 1 aliphatic rings. The summed E-state index contributed by atoms with van der Waals surface area (Å²) in [5, 5.41) is 12.4. The molecular weight excluding hydrogens is 374 g/mol. The Morgan fingerprint density at radius 2 is 2.25 bits per heavy atom. The number of carbonyl (C=O) groups is 1. The first-order chi connectivity index (χ1) is 13.4. The number of fused-ring (bicyclic) bond motifs is 1. The van der Waals surface area contributed by atoms with Crippen LogP contribution in [0.3, 0.4) is 0 Å². The Morgan fingerprint density at radius 1 is 1.43 bits per heavy atom. The molecule has 4 rings (SSSR count). The molecule has 1 unspecified atom stereocenters. The molecule has 9 heteroatoms. The molecule has 0 fully saturated rings. The van der Waals surface area contributed by atoms with E-state index in [0.717, 1.165) is 4.88 Å². The maximum absolute atomic E-state index is 12.4. The number of aryl methyl sites for hydroxylation is 1. The normalized spacial score (nSPS) is 18.1. The van der Waals surface area contributed by atoms with Gasteiger partial charge in [-0.1, -0.05) is 0 Å². The van der Waals surface area contributed by atoms with Gasteiger partial charge in [-0.25, -0.2) is 4.98 Å². The number of benzene rings is 1. The summed E-state index contributed by atoms with van der Waals surface area (Å²) in [6.45, 7) is 4.29. The van der Waals surface area contributed by atoms with Crippen LogP contribution in [0.5, 0.6) is 0 Å². The molecule has 3 heterocycles. The number of carbonyl (C=O) groups excluding carboxylic acids is 1. The second kappa shape index (κ2) is 6.58. The lowest BCUT2D eigenvalue weighted by Gasteiger charge is -2.32. The molecule has 0 spiro atoms. The fraction of sp³-hybridized carbons (Fsp3) is 0.211. The Kier molecular flexibility index (Phi) is 4.20. The third-order valence-corrected chi connectivity index (χ3v) is 5.32. The topological polar surface area (TPSA) is 122 Å². The van der Waals surface area contributed by atoms with Gasteiger partial charge in [-0.15, -0.1) is 0 Å². The van der Waals surface area contributed by atoms with E-state index in [1.807, 2.05) is 24.6 Å². The van der Waals surface area contributed by atoms with E-state index in [9.17, 15) is 10.1 Å². The van der Waals surface area contributed by atoms with Crippen LogP contribution in [0.15, 0.2) is 41.7 Å². The van der Waals surface area contributed by atoms with E-state index in [1.165, 1.54) is 11.5 Å². The van der Waals surface area contributed by atoms with Crippen molar-refractivity contribution < 1.29 is 4.79 Å². The highest BCUT2D eigenvalue weighted by molar-refractivity contribution is 7.05. The van der Waals surface area contributed by atoms with Crippen molar-refractivity contribution in [3.63, 3.8) is 0 Å². The van der Waals surface area contributed by atoms with E-state index in [4.69, 9.17) is 5.73 Å². The first kappa shape index (κ1) is 17.9. The van der Waals surface area contributed by atoms with E-state index < -0.39 is 5.54 Å². The maximum Gasteiger partial charge on any atom is 0.275 e. The summed E-state index contributed by atoms with van der Waals surface area (Å²) in [4.78, 5) is 22.2. The highest BCUT2D eigenvalue weighted by atomic mass is 32.1. The number of imidazole rings is 1. The van der Waals surface area contributed by atoms with Gasteiger partial charge in [0, 0.05) is 28.5 Å². The van der Waals surface area contributed by atoms with E-state index in [1.54, 1.807) is 30.5 Å². The first-order valence-corrected chi connectivity index (χ1v) is 9.33. The van der Waals surface area contributed by atoms with E-state index >= 15 is 0 Å². The van der Waals surface area contributed by atoms with Crippen LogP contribution in [0.25, 0.3) is 0 Å². The third-order valence-electron chi connectivity index (χ3n) is 4.63. The molecule has 0 aliphatic carbocycles. The number of hydrogen-bond acceptors (Lipinski definition) is 7. The van der Waals surface area contributed by atoms with Gasteiger partial charge in [0.25, 0.3) is 5.91 Å². The number of nitriles is 1. The molecule has 1 amide bonds. The summed E-state index contributed by atoms with van der Waals surface area (Å²) < 4.78 is 6.04. The molecule has 2 aromatic heterocycles. The molecule has 0 saturated heterocycles. The highest BCUT2D eigenvalue weighted by Gasteiger charge is 2.34. The number of nitrogens with zero attached hydrogens (tertiary/aromatic N) is 5. The monoisotopic (exact) mass is 391 g/mol. The van der Waals surface area contributed by atoms with Crippen LogP contribution in [0.4, 0.5) is 5.69 Å². The lowest BCUT2D eigenvalue weighted by atomic mass is 9.87. The number of aliphatic imine (C=N–C) groups is 1. The summed E-state index contributed by atoms with van der Waals surface area (Å²) >= 11 is 1.27. The molecule has 140 valence electrons. The van der Waals surface area contributed by atoms with Gasteiger partial charge in [0.1, 0.15) is 11.2 Å². The smallest absolute Gasteiger partial charge is 0.275 e. The van der Waals surface area contributed by atoms with Crippen molar-refractivity contribution >= 4 is 29.0 Å². The molecule has 1 aromatic carbocycles. The van der Waals surface area contributed by atoms with Crippen LogP contribution >= 0.6 is 11.5 Å². The number of anilines is 1. The number of amides is 1. The zero-order chi connectivity index (χ0) is 19.9. The summed E-state index contributed by atoms with van der Waals surface area (Å²) in [7, 11) is 0. The quantitative estimate of drug-likeness (QED) is 0.710. The Bertz CT molecular complexity index is 1150. The number of nitrogens with two attached hydrogens (primary N) is 1. The van der Waals surface area contributed by atoms with Crippen molar-refractivity contribution in [3.05, 3.63) is 64.2 Å². The van der Waals surface area contributed by atoms with Crippen molar-refractivity contribution in [1.82, 2.24) is 13.9 Å². The average molecular weight is 391 g/mol. The molecule has 3 aromatic rings. The van der Waals surface area contributed by atoms with Crippen LogP contribution in [0, 0.1) is 18.3 Å². The lowest BCUT2D eigenvalue weighted by molar-refractivity contribution is 0.102. The number of aromatic nitrogens is 3. The zero-order valence-corrected chi connectivity index (χ0v) is 16.1. The van der Waals surface area contributed by atoms with Gasteiger partial charge < -0.3 is 15.6 Å². The Labute approximate surface area is 165 Å². The van der Waals surface area contributed by atoms with Crippen molar-refractivity contribution in [2.75, 3.05) is 5.32 Å². The standard InChI is InChI=1S/C19H17N7OS/c1-11-7-15(25-28-11)18(27)23-13-4-3-12(9-20)14(8-13)19(2)10-26-6-5-22-17(26)16(21)24-19/h3-8H,10H2,1-2H3,(H2,21,24)(H,23,27). The molecular formula is C19H17N7OS. The number of hydrogen-bond donors (Lipinski definition) is 2. The van der Waals surface area contributed by atoms with Crippen LogP contribution in [-0.2, 0) is 12.1 Å². The average Bonchev–Trinajstić information content (AvgIpc) is 3.30. The van der Waals surface area contributed by atoms with Crippen molar-refractivity contribution in [2.45, 2.75) is 25.9 Å². The summed E-state index contributed by atoms with van der Waals surface area (Å²) in [5.41, 5.74) is 7.43. The molecule has 1 aliphatic heterocycles. The predicted octanol–water partition coefficient (Wildman–Crippen LogP) is 2.41. The van der Waals surface area contributed by atoms with Gasteiger partial charge in [0.2, 0.25) is 0 Å². The zero-order valence-electron chi connectivity index (χ0n) is 15.3. The van der Waals surface area contributed by atoms with Crippen molar-refractivity contribution in [2.24, 2.45) is 10.7 Å². The minimum atomic E-state index is -0.763. The lowest BCUT2D eigenvalue weighted by Crippen LogP contribution is -2.37. The molecule has 0 radical (unpaired) electrons. The fourth-order valence-corrected chi connectivity index (χ4v) is 3.87.